The molecule has 1 unspecified atom stereocenters. The van der Waals surface area contributed by atoms with E-state index in [1.807, 2.05) is 6.07 Å². The minimum atomic E-state index is 0.00172. The summed E-state index contributed by atoms with van der Waals surface area (Å²) in [5, 5.41) is 21.4. The van der Waals surface area contributed by atoms with E-state index in [-0.39, 0.29) is 6.10 Å². The molecular weight excluding hydrogens is 442 g/mol. The lowest BCUT2D eigenvalue weighted by Crippen LogP contribution is -2.37. The molecule has 1 aromatic rings. The van der Waals surface area contributed by atoms with Crippen molar-refractivity contribution in [2.24, 2.45) is 21.8 Å². The Bertz CT molecular complexity index is 881. The molecular formula is C25H45N9O. The highest BCUT2D eigenvalue weighted by molar-refractivity contribution is 5.93. The summed E-state index contributed by atoms with van der Waals surface area (Å²) in [6.45, 7) is 21.4. The van der Waals surface area contributed by atoms with Crippen molar-refractivity contribution in [2.75, 3.05) is 32.7 Å². The number of nitrogens with two attached hydrogens (primary N) is 1. The van der Waals surface area contributed by atoms with E-state index in [1.54, 1.807) is 6.08 Å². The average Bonchev–Trinajstić information content (AvgIpc) is 3.47. The van der Waals surface area contributed by atoms with Gasteiger partial charge in [0.15, 0.2) is 5.82 Å². The number of nitrogens with zero attached hydrogens (tertiary/aromatic N) is 4. The van der Waals surface area contributed by atoms with Gasteiger partial charge in [-0.1, -0.05) is 53.3 Å². The smallest absolute Gasteiger partial charge is 0.175 e. The molecule has 2 heterocycles. The number of hydrogen-bond acceptors (Lipinski definition) is 8. The van der Waals surface area contributed by atoms with Gasteiger partial charge in [0.05, 0.1) is 18.1 Å². The van der Waals surface area contributed by atoms with Crippen LogP contribution in [0.5, 0.6) is 0 Å². The fraction of sp³-hybridized carbons (Fsp3) is 0.640. The highest BCUT2D eigenvalue weighted by Crippen LogP contribution is 2.17. The zero-order valence-corrected chi connectivity index (χ0v) is 22.3. The van der Waals surface area contributed by atoms with Gasteiger partial charge in [-0.3, -0.25) is 5.10 Å². The van der Waals surface area contributed by atoms with Crippen LogP contribution in [0.25, 0.3) is 0 Å². The van der Waals surface area contributed by atoms with Crippen LogP contribution in [0.15, 0.2) is 40.5 Å². The predicted octanol–water partition coefficient (Wildman–Crippen LogP) is 3.14. The Labute approximate surface area is 210 Å². The van der Waals surface area contributed by atoms with E-state index in [2.05, 4.69) is 89.3 Å². The zero-order valence-electron chi connectivity index (χ0n) is 22.3. The van der Waals surface area contributed by atoms with Gasteiger partial charge in [-0.25, -0.2) is 4.99 Å². The molecule has 1 aliphatic heterocycles. The summed E-state index contributed by atoms with van der Waals surface area (Å²) in [7, 11) is 0. The van der Waals surface area contributed by atoms with Crippen molar-refractivity contribution >= 4 is 17.4 Å². The largest absolute Gasteiger partial charge is 0.390 e. The lowest BCUT2D eigenvalue weighted by Gasteiger charge is -2.20. The number of H-pyrrole nitrogens is 1. The topological polar surface area (TPSA) is 128 Å². The van der Waals surface area contributed by atoms with Gasteiger partial charge in [-0.05, 0) is 37.9 Å². The van der Waals surface area contributed by atoms with Crippen LogP contribution < -0.4 is 21.7 Å². The van der Waals surface area contributed by atoms with E-state index < -0.39 is 0 Å². The fourth-order valence-electron chi connectivity index (χ4n) is 3.53. The molecule has 0 saturated carbocycles. The Morgan fingerprint density at radius 2 is 2.03 bits per heavy atom. The molecule has 0 fully saturated rings. The summed E-state index contributed by atoms with van der Waals surface area (Å²) in [5.41, 5.74) is 8.34. The zero-order chi connectivity index (χ0) is 25.8. The van der Waals surface area contributed by atoms with Gasteiger partial charge in [-0.15, -0.1) is 0 Å². The molecule has 196 valence electrons. The maximum absolute atomic E-state index is 6.23. The molecule has 0 saturated heterocycles. The van der Waals surface area contributed by atoms with Gasteiger partial charge < -0.3 is 31.4 Å². The van der Waals surface area contributed by atoms with Crippen molar-refractivity contribution < 1.29 is 4.84 Å². The second kappa shape index (κ2) is 14.4. The van der Waals surface area contributed by atoms with E-state index in [0.29, 0.717) is 35.9 Å². The van der Waals surface area contributed by atoms with E-state index in [4.69, 9.17) is 10.6 Å². The van der Waals surface area contributed by atoms with Crippen LogP contribution in [0.4, 0.5) is 5.82 Å². The first-order chi connectivity index (χ1) is 16.7. The van der Waals surface area contributed by atoms with Crippen LogP contribution in [0.3, 0.4) is 0 Å². The predicted molar refractivity (Wildman–Crippen MR) is 144 cm³/mol. The van der Waals surface area contributed by atoms with Crippen LogP contribution in [-0.4, -0.2) is 65.5 Å². The van der Waals surface area contributed by atoms with Gasteiger partial charge >= 0.3 is 0 Å². The second-order valence-corrected chi connectivity index (χ2v) is 9.39. The molecule has 0 radical (unpaired) electrons. The number of amidine groups is 1. The Hall–Kier alpha value is -3.01. The molecule has 10 nitrogen and oxygen atoms in total. The van der Waals surface area contributed by atoms with Crippen LogP contribution in [0, 0.1) is 5.92 Å². The minimum absolute atomic E-state index is 0.00172. The Morgan fingerprint density at radius 1 is 1.29 bits per heavy atom. The summed E-state index contributed by atoms with van der Waals surface area (Å²) < 4.78 is 0. The number of aromatic nitrogens is 2. The first kappa shape index (κ1) is 28.2. The number of aromatic amines is 1. The van der Waals surface area contributed by atoms with Crippen molar-refractivity contribution in [3.8, 4) is 0 Å². The van der Waals surface area contributed by atoms with Crippen molar-refractivity contribution in [1.82, 2.24) is 31.0 Å². The molecule has 6 N–H and O–H groups in total. The SMILES string of the molecule is C=C(NCC1CC(C(C)C)=NO1)NC(=CC(N)=Nc1cc(C(C)C)[nH]n1)NCCCN(CC)CC. The first-order valence-electron chi connectivity index (χ1n) is 12.7. The molecule has 0 aliphatic carbocycles. The lowest BCUT2D eigenvalue weighted by atomic mass is 10.0. The lowest BCUT2D eigenvalue weighted by molar-refractivity contribution is 0.0866. The Morgan fingerprint density at radius 3 is 2.63 bits per heavy atom. The Balaban J connectivity index is 1.97. The standard InChI is InChI=1S/C25H45N9O/c1-8-34(9-2)12-10-11-27-24(15-23(26)30-25-14-21(17(3)4)31-32-25)29-19(7)28-16-20-13-22(18(5)6)33-35-20/h14-15,17-18,20,27-29H,7-13,16H2,1-6H3,(H3,26,30,31,32). The van der Waals surface area contributed by atoms with E-state index in [1.165, 1.54) is 0 Å². The number of nitrogens with one attached hydrogen (secondary N) is 4. The highest BCUT2D eigenvalue weighted by atomic mass is 16.6. The number of oxime groups is 1. The third kappa shape index (κ3) is 10.0. The molecule has 35 heavy (non-hydrogen) atoms. The average molecular weight is 488 g/mol. The van der Waals surface area contributed by atoms with E-state index in [0.717, 1.165) is 56.2 Å². The fourth-order valence-corrected chi connectivity index (χ4v) is 3.53. The third-order valence-electron chi connectivity index (χ3n) is 5.85. The molecule has 10 heteroatoms. The minimum Gasteiger partial charge on any atom is -0.390 e. The molecule has 0 aromatic carbocycles. The summed E-state index contributed by atoms with van der Waals surface area (Å²) in [6, 6.07) is 1.91. The number of aliphatic imine (C=N–C) groups is 1. The number of rotatable bonds is 16. The van der Waals surface area contributed by atoms with E-state index in [9.17, 15) is 0 Å². The summed E-state index contributed by atoms with van der Waals surface area (Å²) in [4.78, 5) is 12.4. The second-order valence-electron chi connectivity index (χ2n) is 9.39. The summed E-state index contributed by atoms with van der Waals surface area (Å²) in [6.07, 6.45) is 3.59. The summed E-state index contributed by atoms with van der Waals surface area (Å²) >= 11 is 0. The van der Waals surface area contributed by atoms with Gasteiger partial charge in [0.25, 0.3) is 0 Å². The van der Waals surface area contributed by atoms with Crippen molar-refractivity contribution in [1.29, 1.82) is 0 Å². The van der Waals surface area contributed by atoms with Crippen molar-refractivity contribution in [3.63, 3.8) is 0 Å². The van der Waals surface area contributed by atoms with Crippen LogP contribution in [0.2, 0.25) is 0 Å². The quantitative estimate of drug-likeness (QED) is 0.138. The van der Waals surface area contributed by atoms with E-state index >= 15 is 0 Å². The monoisotopic (exact) mass is 487 g/mol. The summed E-state index contributed by atoms with van der Waals surface area (Å²) in [5.74, 6) is 2.99. The molecule has 0 bridgehead atoms. The van der Waals surface area contributed by atoms with Crippen molar-refractivity contribution in [3.05, 3.63) is 36.1 Å². The van der Waals surface area contributed by atoms with Crippen LogP contribution in [0.1, 0.15) is 66.0 Å². The first-order valence-corrected chi connectivity index (χ1v) is 12.7. The van der Waals surface area contributed by atoms with Gasteiger partial charge in [0.2, 0.25) is 0 Å². The molecule has 1 aromatic heterocycles. The maximum Gasteiger partial charge on any atom is 0.175 e. The number of hydrogen-bond donors (Lipinski definition) is 5. The van der Waals surface area contributed by atoms with Crippen molar-refractivity contribution in [2.45, 2.75) is 66.4 Å². The molecule has 1 aliphatic rings. The van der Waals surface area contributed by atoms with Gasteiger partial charge in [0.1, 0.15) is 17.8 Å². The third-order valence-corrected chi connectivity index (χ3v) is 5.85. The normalized spacial score (nSPS) is 16.6. The molecule has 0 spiro atoms. The maximum atomic E-state index is 6.23. The van der Waals surface area contributed by atoms with Crippen LogP contribution >= 0.6 is 0 Å². The molecule has 2 rings (SSSR count). The van der Waals surface area contributed by atoms with Gasteiger partial charge in [-0.2, -0.15) is 5.10 Å². The molecule has 1 atom stereocenters. The van der Waals surface area contributed by atoms with Crippen LogP contribution in [-0.2, 0) is 4.84 Å². The molecule has 0 amide bonds. The van der Waals surface area contributed by atoms with Gasteiger partial charge in [0, 0.05) is 30.8 Å². The Kier molecular flexibility index (Phi) is 11.6. The highest BCUT2D eigenvalue weighted by Gasteiger charge is 2.22.